The Balaban J connectivity index is 2.88. The summed E-state index contributed by atoms with van der Waals surface area (Å²) in [5.74, 6) is -2.12. The summed E-state index contributed by atoms with van der Waals surface area (Å²) in [6.45, 7) is 2.75. The minimum atomic E-state index is -5.06. The number of amides is 2. The quantitative estimate of drug-likeness (QED) is 0.839. The second-order valence-electron chi connectivity index (χ2n) is 5.49. The van der Waals surface area contributed by atoms with Crippen LogP contribution in [0.1, 0.15) is 46.0 Å². The molecule has 1 saturated heterocycles. The number of alkyl halides is 3. The van der Waals surface area contributed by atoms with Gasteiger partial charge in [-0.25, -0.2) is 9.59 Å². The van der Waals surface area contributed by atoms with Crippen molar-refractivity contribution in [3.63, 3.8) is 0 Å². The van der Waals surface area contributed by atoms with E-state index in [2.05, 4.69) is 0 Å². The van der Waals surface area contributed by atoms with Crippen LogP contribution in [0, 0.1) is 0 Å². The van der Waals surface area contributed by atoms with Crippen LogP contribution in [0.15, 0.2) is 0 Å². The van der Waals surface area contributed by atoms with Crippen LogP contribution in [0.25, 0.3) is 0 Å². The molecule has 0 saturated carbocycles. The van der Waals surface area contributed by atoms with Crippen LogP contribution >= 0.6 is 0 Å². The number of carbonyl (C=O) groups is 2. The van der Waals surface area contributed by atoms with E-state index in [1.54, 1.807) is 5.32 Å². The Hall–Kier alpha value is -1.47. The predicted octanol–water partition coefficient (Wildman–Crippen LogP) is 2.76. The first-order valence-electron chi connectivity index (χ1n) is 7.02. The molecule has 0 spiro atoms. The largest absolute Gasteiger partial charge is 0.479 e. The fourth-order valence-electron chi connectivity index (χ4n) is 2.43. The first kappa shape index (κ1) is 17.6. The summed E-state index contributed by atoms with van der Waals surface area (Å²) in [6.07, 6.45) is -1.19. The zero-order chi connectivity index (χ0) is 16.3. The highest BCUT2D eigenvalue weighted by atomic mass is 19.4. The molecule has 122 valence electrons. The molecule has 0 aromatic rings. The van der Waals surface area contributed by atoms with Crippen molar-refractivity contribution in [1.29, 1.82) is 0 Å². The number of piperidine rings is 1. The first-order chi connectivity index (χ1) is 9.63. The van der Waals surface area contributed by atoms with Gasteiger partial charge in [0.1, 0.15) is 0 Å². The molecule has 2 unspecified atom stereocenters. The van der Waals surface area contributed by atoms with Crippen LogP contribution < -0.4 is 5.32 Å². The normalized spacial score (nSPS) is 22.5. The van der Waals surface area contributed by atoms with Gasteiger partial charge in [-0.2, -0.15) is 13.2 Å². The van der Waals surface area contributed by atoms with Gasteiger partial charge in [-0.15, -0.1) is 0 Å². The maximum absolute atomic E-state index is 12.9. The van der Waals surface area contributed by atoms with E-state index in [-0.39, 0.29) is 6.04 Å². The van der Waals surface area contributed by atoms with Crippen molar-refractivity contribution >= 4 is 12.0 Å². The van der Waals surface area contributed by atoms with Crippen molar-refractivity contribution in [3.8, 4) is 0 Å². The Morgan fingerprint density at radius 3 is 2.43 bits per heavy atom. The number of nitrogens with zero attached hydrogens (tertiary/aromatic N) is 1. The molecule has 1 aliphatic rings. The molecule has 0 aliphatic carbocycles. The Bertz CT molecular complexity index is 399. The minimum absolute atomic E-state index is 0.130. The van der Waals surface area contributed by atoms with Crippen LogP contribution in [0.5, 0.6) is 0 Å². The summed E-state index contributed by atoms with van der Waals surface area (Å²) in [5, 5.41) is 10.5. The van der Waals surface area contributed by atoms with Gasteiger partial charge in [0.25, 0.3) is 0 Å². The summed E-state index contributed by atoms with van der Waals surface area (Å²) in [6, 6.07) is -1.09. The number of aliphatic carboxylic acids is 1. The first-order valence-corrected chi connectivity index (χ1v) is 7.02. The third-order valence-corrected chi connectivity index (χ3v) is 3.86. The second kappa shape index (κ2) is 6.53. The van der Waals surface area contributed by atoms with Gasteiger partial charge >= 0.3 is 18.2 Å². The number of carbonyl (C=O) groups excluding carboxylic acids is 1. The van der Waals surface area contributed by atoms with Crippen LogP contribution in [-0.4, -0.2) is 46.3 Å². The highest BCUT2D eigenvalue weighted by Crippen LogP contribution is 2.31. The Labute approximate surface area is 121 Å². The highest BCUT2D eigenvalue weighted by Gasteiger charge is 2.59. The number of carboxylic acids is 1. The minimum Gasteiger partial charge on any atom is -0.479 e. The number of carboxylic acid groups (broad SMARTS) is 1. The Morgan fingerprint density at radius 2 is 1.95 bits per heavy atom. The molecular weight excluding hydrogens is 289 g/mol. The summed E-state index contributed by atoms with van der Waals surface area (Å²) in [5.41, 5.74) is -3.28. The maximum Gasteiger partial charge on any atom is 0.422 e. The fourth-order valence-corrected chi connectivity index (χ4v) is 2.43. The number of urea groups is 1. The lowest BCUT2D eigenvalue weighted by molar-refractivity contribution is -0.203. The predicted molar refractivity (Wildman–Crippen MR) is 69.9 cm³/mol. The van der Waals surface area contributed by atoms with Gasteiger partial charge in [-0.05, 0) is 32.6 Å². The number of hydrogen-bond donors (Lipinski definition) is 2. The molecule has 1 rings (SSSR count). The topological polar surface area (TPSA) is 69.6 Å². The number of nitrogens with one attached hydrogen (secondary N) is 1. The third kappa shape index (κ3) is 3.79. The number of likely N-dealkylation sites (tertiary alicyclic amines) is 1. The number of hydrogen-bond acceptors (Lipinski definition) is 2. The lowest BCUT2D eigenvalue weighted by Gasteiger charge is -2.38. The number of rotatable bonds is 4. The molecule has 1 aliphatic heterocycles. The monoisotopic (exact) mass is 310 g/mol. The van der Waals surface area contributed by atoms with Gasteiger partial charge in [0, 0.05) is 12.6 Å². The van der Waals surface area contributed by atoms with Crippen molar-refractivity contribution in [1.82, 2.24) is 10.2 Å². The zero-order valence-corrected chi connectivity index (χ0v) is 12.2. The number of halogens is 3. The molecule has 0 radical (unpaired) electrons. The zero-order valence-electron chi connectivity index (χ0n) is 12.2. The molecule has 1 fully saturated rings. The Kier molecular flexibility index (Phi) is 5.47. The smallest absolute Gasteiger partial charge is 0.422 e. The molecule has 5 nitrogen and oxygen atoms in total. The fraction of sp³-hybridized carbons (Fsp3) is 0.846. The van der Waals surface area contributed by atoms with Crippen LogP contribution in [0.4, 0.5) is 18.0 Å². The highest BCUT2D eigenvalue weighted by molar-refractivity contribution is 5.87. The third-order valence-electron chi connectivity index (χ3n) is 3.86. The van der Waals surface area contributed by atoms with E-state index in [1.807, 2.05) is 6.92 Å². The van der Waals surface area contributed by atoms with E-state index in [0.717, 1.165) is 19.3 Å². The van der Waals surface area contributed by atoms with Gasteiger partial charge in [-0.3, -0.25) is 0 Å². The molecule has 0 aromatic carbocycles. The van der Waals surface area contributed by atoms with Gasteiger partial charge < -0.3 is 15.3 Å². The molecule has 8 heteroatoms. The molecule has 2 N–H and O–H groups in total. The van der Waals surface area contributed by atoms with E-state index in [1.165, 1.54) is 4.90 Å². The van der Waals surface area contributed by atoms with Gasteiger partial charge in [0.05, 0.1) is 0 Å². The molecular formula is C13H21F3N2O3. The maximum atomic E-state index is 12.9. The summed E-state index contributed by atoms with van der Waals surface area (Å²) >= 11 is 0. The van der Waals surface area contributed by atoms with E-state index in [0.29, 0.717) is 26.3 Å². The van der Waals surface area contributed by atoms with Gasteiger partial charge in [0.15, 0.2) is 0 Å². The molecule has 2 atom stereocenters. The van der Waals surface area contributed by atoms with Crippen molar-refractivity contribution in [2.45, 2.75) is 63.7 Å². The van der Waals surface area contributed by atoms with Crippen LogP contribution in [0.2, 0.25) is 0 Å². The summed E-state index contributed by atoms with van der Waals surface area (Å²) < 4.78 is 38.7. The lowest BCUT2D eigenvalue weighted by atomic mass is 9.98. The standard InChI is InChI=1S/C13H21F3N2O3/c1-3-6-9-7-4-5-8-18(9)11(21)17-12(2,10(19)20)13(14,15)16/h9H,3-8H2,1-2H3,(H,17,21)(H,19,20). The average molecular weight is 310 g/mol. The van der Waals surface area contributed by atoms with E-state index >= 15 is 0 Å². The van der Waals surface area contributed by atoms with E-state index in [9.17, 15) is 22.8 Å². The molecule has 21 heavy (non-hydrogen) atoms. The summed E-state index contributed by atoms with van der Waals surface area (Å²) in [7, 11) is 0. The van der Waals surface area contributed by atoms with Crippen LogP contribution in [-0.2, 0) is 4.79 Å². The summed E-state index contributed by atoms with van der Waals surface area (Å²) in [4.78, 5) is 24.4. The molecule has 0 aromatic heterocycles. The van der Waals surface area contributed by atoms with Gasteiger partial charge in [0.2, 0.25) is 5.54 Å². The molecule has 1 heterocycles. The lowest BCUT2D eigenvalue weighted by Crippen LogP contribution is -2.65. The van der Waals surface area contributed by atoms with E-state index < -0.39 is 23.7 Å². The average Bonchev–Trinajstić information content (AvgIpc) is 2.38. The van der Waals surface area contributed by atoms with Crippen molar-refractivity contribution in [3.05, 3.63) is 0 Å². The van der Waals surface area contributed by atoms with Crippen molar-refractivity contribution in [2.75, 3.05) is 6.54 Å². The van der Waals surface area contributed by atoms with Crippen LogP contribution in [0.3, 0.4) is 0 Å². The SMILES string of the molecule is CCCC1CCCCN1C(=O)NC(C)(C(=O)O)C(F)(F)F. The molecule has 2 amide bonds. The molecule has 0 bridgehead atoms. The second-order valence-corrected chi connectivity index (χ2v) is 5.49. The van der Waals surface area contributed by atoms with E-state index in [4.69, 9.17) is 5.11 Å². The van der Waals surface area contributed by atoms with Crippen molar-refractivity contribution in [2.24, 2.45) is 0 Å². The Morgan fingerprint density at radius 1 is 1.33 bits per heavy atom. The van der Waals surface area contributed by atoms with Gasteiger partial charge in [-0.1, -0.05) is 13.3 Å². The van der Waals surface area contributed by atoms with Crippen molar-refractivity contribution < 1.29 is 27.9 Å².